The van der Waals surface area contributed by atoms with Gasteiger partial charge in [0.2, 0.25) is 5.95 Å². The Balaban J connectivity index is 1.38. The summed E-state index contributed by atoms with van der Waals surface area (Å²) in [7, 11) is 0. The second-order valence-electron chi connectivity index (χ2n) is 8.85. The van der Waals surface area contributed by atoms with Crippen LogP contribution < -0.4 is 4.90 Å². The third kappa shape index (κ3) is 3.64. The first-order valence-electron chi connectivity index (χ1n) is 11.7. The molecule has 3 heterocycles. The van der Waals surface area contributed by atoms with Gasteiger partial charge in [-0.15, -0.1) is 10.2 Å². The van der Waals surface area contributed by atoms with Crippen LogP contribution in [0, 0.1) is 18.6 Å². The predicted octanol–water partition coefficient (Wildman–Crippen LogP) is 4.49. The molecule has 7 nitrogen and oxygen atoms in total. The smallest absolute Gasteiger partial charge is 0.259 e. The number of para-hydroxylation sites is 1. The van der Waals surface area contributed by atoms with Gasteiger partial charge in [0.05, 0.1) is 5.52 Å². The molecule has 0 N–H and O–H groups in total. The third-order valence-electron chi connectivity index (χ3n) is 6.56. The number of fused-ring (bicyclic) bond motifs is 3. The first kappa shape index (κ1) is 22.1. The largest absolute Gasteiger partial charge is 0.338 e. The average molecular weight is 485 g/mol. The normalized spacial score (nSPS) is 14.1. The molecule has 0 saturated carbocycles. The van der Waals surface area contributed by atoms with Gasteiger partial charge in [0, 0.05) is 37.1 Å². The maximum absolute atomic E-state index is 14.2. The van der Waals surface area contributed by atoms with Crippen molar-refractivity contribution in [2.75, 3.05) is 31.1 Å². The van der Waals surface area contributed by atoms with Gasteiger partial charge in [-0.3, -0.25) is 4.79 Å². The van der Waals surface area contributed by atoms with Crippen molar-refractivity contribution in [3.63, 3.8) is 0 Å². The molecule has 6 rings (SSSR count). The molecule has 1 aliphatic rings. The van der Waals surface area contributed by atoms with Crippen LogP contribution in [0.15, 0.2) is 66.7 Å². The second-order valence-corrected chi connectivity index (χ2v) is 8.85. The molecule has 0 unspecified atom stereocenters. The van der Waals surface area contributed by atoms with Crippen LogP contribution in [0.25, 0.3) is 27.9 Å². The molecular formula is C27H22F2N6O. The topological polar surface area (TPSA) is 66.6 Å². The summed E-state index contributed by atoms with van der Waals surface area (Å²) in [6.07, 6.45) is 0. The van der Waals surface area contributed by atoms with E-state index in [2.05, 4.69) is 15.1 Å². The third-order valence-corrected chi connectivity index (χ3v) is 6.56. The number of amides is 1. The van der Waals surface area contributed by atoms with E-state index < -0.39 is 23.1 Å². The van der Waals surface area contributed by atoms with Crippen LogP contribution in [-0.2, 0) is 0 Å². The van der Waals surface area contributed by atoms with Gasteiger partial charge in [-0.25, -0.2) is 18.2 Å². The van der Waals surface area contributed by atoms with E-state index in [1.165, 1.54) is 11.0 Å². The Morgan fingerprint density at radius 2 is 1.53 bits per heavy atom. The molecule has 1 amide bonds. The number of aryl methyl sites for hydroxylation is 1. The van der Waals surface area contributed by atoms with Crippen molar-refractivity contribution in [2.24, 2.45) is 0 Å². The maximum atomic E-state index is 14.2. The van der Waals surface area contributed by atoms with E-state index >= 15 is 0 Å². The Kier molecular flexibility index (Phi) is 5.32. The zero-order chi connectivity index (χ0) is 24.8. The fourth-order valence-electron chi connectivity index (χ4n) is 4.64. The molecule has 0 atom stereocenters. The lowest BCUT2D eigenvalue weighted by Crippen LogP contribution is -2.49. The van der Waals surface area contributed by atoms with Crippen LogP contribution in [0.4, 0.5) is 14.7 Å². The summed E-state index contributed by atoms with van der Waals surface area (Å²) in [5, 5.41) is 9.89. The fourth-order valence-corrected chi connectivity index (χ4v) is 4.64. The van der Waals surface area contributed by atoms with Gasteiger partial charge in [-0.2, -0.15) is 0 Å². The molecule has 180 valence electrons. The van der Waals surface area contributed by atoms with Crippen molar-refractivity contribution in [1.82, 2.24) is 24.5 Å². The maximum Gasteiger partial charge on any atom is 0.259 e. The molecule has 3 aromatic carbocycles. The van der Waals surface area contributed by atoms with Gasteiger partial charge in [0.15, 0.2) is 11.5 Å². The lowest BCUT2D eigenvalue weighted by atomic mass is 10.1. The van der Waals surface area contributed by atoms with Gasteiger partial charge in [-0.1, -0.05) is 48.0 Å². The number of piperazine rings is 1. The molecule has 2 aromatic heterocycles. The van der Waals surface area contributed by atoms with Gasteiger partial charge in [-0.05, 0) is 31.2 Å². The standard InChI is InChI=1S/C27H22F2N6O/c1-17-9-11-18(12-10-17)24-31-32-25-19-5-2-3-8-22(19)30-27(35(24)25)34-15-13-33(14-16-34)26(36)23-20(28)6-4-7-21(23)29/h2-12H,13-16H2,1H3. The molecule has 36 heavy (non-hydrogen) atoms. The number of halogens is 2. The minimum atomic E-state index is -0.854. The Morgan fingerprint density at radius 1 is 0.833 bits per heavy atom. The number of benzene rings is 3. The molecule has 0 bridgehead atoms. The molecule has 5 aromatic rings. The van der Waals surface area contributed by atoms with Crippen LogP contribution >= 0.6 is 0 Å². The van der Waals surface area contributed by atoms with E-state index in [1.807, 2.05) is 59.9 Å². The zero-order valence-electron chi connectivity index (χ0n) is 19.5. The number of hydrogen-bond acceptors (Lipinski definition) is 5. The molecule has 1 fully saturated rings. The van der Waals surface area contributed by atoms with Gasteiger partial charge in [0.25, 0.3) is 5.91 Å². The SMILES string of the molecule is Cc1ccc(-c2nnc3c4ccccc4nc(N4CCN(C(=O)c5c(F)cccc5F)CC4)n23)cc1. The van der Waals surface area contributed by atoms with Crippen molar-refractivity contribution in [1.29, 1.82) is 0 Å². The number of hydrogen-bond donors (Lipinski definition) is 0. The number of aromatic nitrogens is 4. The van der Waals surface area contributed by atoms with Crippen molar-refractivity contribution in [3.05, 3.63) is 89.5 Å². The summed E-state index contributed by atoms with van der Waals surface area (Å²) in [6.45, 7) is 3.50. The zero-order valence-corrected chi connectivity index (χ0v) is 19.5. The van der Waals surface area contributed by atoms with E-state index in [9.17, 15) is 13.6 Å². The lowest BCUT2D eigenvalue weighted by molar-refractivity contribution is 0.0736. The Bertz CT molecular complexity index is 1590. The minimum Gasteiger partial charge on any atom is -0.338 e. The van der Waals surface area contributed by atoms with Crippen molar-refractivity contribution in [2.45, 2.75) is 6.92 Å². The average Bonchev–Trinajstić information content (AvgIpc) is 3.34. The number of anilines is 1. The summed E-state index contributed by atoms with van der Waals surface area (Å²) in [6, 6.07) is 19.3. The highest BCUT2D eigenvalue weighted by Crippen LogP contribution is 2.29. The minimum absolute atomic E-state index is 0.296. The summed E-state index contributed by atoms with van der Waals surface area (Å²) < 4.78 is 30.3. The summed E-state index contributed by atoms with van der Waals surface area (Å²) in [5.41, 5.74) is 3.02. The lowest BCUT2D eigenvalue weighted by Gasteiger charge is -2.35. The molecule has 9 heteroatoms. The summed E-state index contributed by atoms with van der Waals surface area (Å²) >= 11 is 0. The van der Waals surface area contributed by atoms with Crippen molar-refractivity contribution in [3.8, 4) is 11.4 Å². The number of carbonyl (C=O) groups is 1. The summed E-state index contributed by atoms with van der Waals surface area (Å²) in [5.74, 6) is -1.02. The van der Waals surface area contributed by atoms with E-state index in [4.69, 9.17) is 4.98 Å². The van der Waals surface area contributed by atoms with Gasteiger partial charge in [0.1, 0.15) is 17.2 Å². The monoisotopic (exact) mass is 484 g/mol. The van der Waals surface area contributed by atoms with Crippen LogP contribution in [0.2, 0.25) is 0 Å². The van der Waals surface area contributed by atoms with E-state index in [1.54, 1.807) is 0 Å². The first-order valence-corrected chi connectivity index (χ1v) is 11.7. The molecule has 0 spiro atoms. The number of nitrogens with zero attached hydrogens (tertiary/aromatic N) is 6. The number of rotatable bonds is 3. The Hall–Kier alpha value is -4.40. The second kappa shape index (κ2) is 8.67. The van der Waals surface area contributed by atoms with E-state index in [-0.39, 0.29) is 0 Å². The Morgan fingerprint density at radius 3 is 2.25 bits per heavy atom. The summed E-state index contributed by atoms with van der Waals surface area (Å²) in [4.78, 5) is 21.4. The highest BCUT2D eigenvalue weighted by atomic mass is 19.1. The number of carbonyl (C=O) groups excluding carboxylic acids is 1. The van der Waals surface area contributed by atoms with Crippen LogP contribution in [0.1, 0.15) is 15.9 Å². The van der Waals surface area contributed by atoms with Crippen LogP contribution in [-0.4, -0.2) is 56.6 Å². The van der Waals surface area contributed by atoms with Crippen LogP contribution in [0.5, 0.6) is 0 Å². The highest BCUT2D eigenvalue weighted by Gasteiger charge is 2.29. The first-order chi connectivity index (χ1) is 17.5. The molecular weight excluding hydrogens is 462 g/mol. The quantitative estimate of drug-likeness (QED) is 0.378. The van der Waals surface area contributed by atoms with Crippen molar-refractivity contribution < 1.29 is 13.6 Å². The molecule has 0 radical (unpaired) electrons. The fraction of sp³-hybridized carbons (Fsp3) is 0.185. The van der Waals surface area contributed by atoms with E-state index in [0.29, 0.717) is 43.6 Å². The van der Waals surface area contributed by atoms with Crippen LogP contribution in [0.3, 0.4) is 0 Å². The van der Waals surface area contributed by atoms with Crippen molar-refractivity contribution >= 4 is 28.4 Å². The van der Waals surface area contributed by atoms with E-state index in [0.717, 1.165) is 34.2 Å². The molecule has 1 aliphatic heterocycles. The van der Waals surface area contributed by atoms with Gasteiger partial charge >= 0.3 is 0 Å². The highest BCUT2D eigenvalue weighted by molar-refractivity contribution is 5.95. The Labute approximate surface area is 205 Å². The molecule has 0 aliphatic carbocycles. The predicted molar refractivity (Wildman–Crippen MR) is 133 cm³/mol. The molecule has 1 saturated heterocycles. The van der Waals surface area contributed by atoms with Gasteiger partial charge < -0.3 is 9.80 Å².